The van der Waals surface area contributed by atoms with Gasteiger partial charge in [-0.15, -0.1) is 12.4 Å². The molecular formula is C21H20ClN3O4. The Hall–Kier alpha value is -3.19. The molecule has 3 aromatic rings. The number of pyridine rings is 1. The molecular weight excluding hydrogens is 394 g/mol. The van der Waals surface area contributed by atoms with E-state index < -0.39 is 4.92 Å². The zero-order valence-electron chi connectivity index (χ0n) is 15.8. The number of nitro benzene ring substituents is 1. The summed E-state index contributed by atoms with van der Waals surface area (Å²) in [5.74, 6) is 0. The molecule has 0 atom stereocenters. The largest absolute Gasteiger partial charge is 0.450 e. The number of nitro groups is 1. The highest BCUT2D eigenvalue weighted by Gasteiger charge is 2.27. The Balaban J connectivity index is 0.00000240. The van der Waals surface area contributed by atoms with Crippen LogP contribution in [0.15, 0.2) is 48.5 Å². The molecule has 8 heteroatoms. The van der Waals surface area contributed by atoms with Crippen molar-refractivity contribution in [1.29, 1.82) is 0 Å². The van der Waals surface area contributed by atoms with E-state index in [-0.39, 0.29) is 24.2 Å². The Morgan fingerprint density at radius 1 is 1.24 bits per heavy atom. The molecule has 0 saturated heterocycles. The third-order valence-electron chi connectivity index (χ3n) is 4.92. The molecule has 4 rings (SSSR count). The number of halogens is 1. The number of nitrogens with zero attached hydrogens (tertiary/aromatic N) is 3. The smallest absolute Gasteiger partial charge is 0.410 e. The Kier molecular flexibility index (Phi) is 5.98. The van der Waals surface area contributed by atoms with E-state index in [0.29, 0.717) is 37.0 Å². The number of fused-ring (bicyclic) bond motifs is 2. The summed E-state index contributed by atoms with van der Waals surface area (Å²) in [7, 11) is 0. The van der Waals surface area contributed by atoms with E-state index in [9.17, 15) is 14.9 Å². The summed E-state index contributed by atoms with van der Waals surface area (Å²) < 4.78 is 5.16. The predicted octanol–water partition coefficient (Wildman–Crippen LogP) is 4.75. The van der Waals surface area contributed by atoms with E-state index in [2.05, 4.69) is 0 Å². The summed E-state index contributed by atoms with van der Waals surface area (Å²) in [5.41, 5.74) is 4.40. The maximum atomic E-state index is 12.3. The Morgan fingerprint density at radius 3 is 2.69 bits per heavy atom. The molecule has 0 fully saturated rings. The predicted molar refractivity (Wildman–Crippen MR) is 112 cm³/mol. The highest BCUT2D eigenvalue weighted by molar-refractivity contribution is 5.98. The van der Waals surface area contributed by atoms with Crippen molar-refractivity contribution in [2.24, 2.45) is 0 Å². The molecule has 0 spiro atoms. The maximum absolute atomic E-state index is 12.3. The summed E-state index contributed by atoms with van der Waals surface area (Å²) in [4.78, 5) is 29.6. The summed E-state index contributed by atoms with van der Waals surface area (Å²) in [5, 5.41) is 12.0. The number of rotatable bonds is 3. The number of carbonyl (C=O) groups is 1. The molecule has 150 valence electrons. The molecule has 2 heterocycles. The van der Waals surface area contributed by atoms with Crippen molar-refractivity contribution in [3.63, 3.8) is 0 Å². The van der Waals surface area contributed by atoms with Gasteiger partial charge in [0, 0.05) is 41.7 Å². The van der Waals surface area contributed by atoms with E-state index in [4.69, 9.17) is 9.72 Å². The van der Waals surface area contributed by atoms with Gasteiger partial charge in [-0.1, -0.05) is 30.3 Å². The minimum Gasteiger partial charge on any atom is -0.450 e. The van der Waals surface area contributed by atoms with Crippen molar-refractivity contribution < 1.29 is 14.5 Å². The lowest BCUT2D eigenvalue weighted by Crippen LogP contribution is -2.37. The van der Waals surface area contributed by atoms with Crippen LogP contribution >= 0.6 is 12.4 Å². The Labute approximate surface area is 173 Å². The molecule has 1 aliphatic rings. The number of aromatic nitrogens is 1. The highest BCUT2D eigenvalue weighted by Crippen LogP contribution is 2.37. The van der Waals surface area contributed by atoms with Crippen molar-refractivity contribution in [3.05, 3.63) is 69.9 Å². The Bertz CT molecular complexity index is 1070. The van der Waals surface area contributed by atoms with Crippen LogP contribution in [0.25, 0.3) is 22.0 Å². The third kappa shape index (κ3) is 3.86. The highest BCUT2D eigenvalue weighted by atomic mass is 35.5. The zero-order chi connectivity index (χ0) is 19.7. The fraction of sp³-hybridized carbons (Fsp3) is 0.238. The van der Waals surface area contributed by atoms with Crippen LogP contribution in [0.3, 0.4) is 0 Å². The second kappa shape index (κ2) is 8.45. The lowest BCUT2D eigenvalue weighted by molar-refractivity contribution is -0.384. The number of carbonyl (C=O) groups excluding carboxylic acids is 1. The molecule has 0 unspecified atom stereocenters. The minimum atomic E-state index is -0.404. The first kappa shape index (κ1) is 20.5. The first-order chi connectivity index (χ1) is 13.6. The molecule has 29 heavy (non-hydrogen) atoms. The second-order valence-corrected chi connectivity index (χ2v) is 6.61. The van der Waals surface area contributed by atoms with Crippen LogP contribution in [-0.4, -0.2) is 34.1 Å². The molecule has 7 nitrogen and oxygen atoms in total. The summed E-state index contributed by atoms with van der Waals surface area (Å²) in [6.45, 7) is 2.99. The minimum absolute atomic E-state index is 0. The van der Waals surface area contributed by atoms with Crippen LogP contribution in [0.1, 0.15) is 18.2 Å². The molecule has 0 aliphatic carbocycles. The van der Waals surface area contributed by atoms with Crippen LogP contribution in [-0.2, 0) is 17.7 Å². The van der Waals surface area contributed by atoms with E-state index >= 15 is 0 Å². The molecule has 0 radical (unpaired) electrons. The molecule has 0 N–H and O–H groups in total. The van der Waals surface area contributed by atoms with Gasteiger partial charge in [-0.2, -0.15) is 0 Å². The SMILES string of the molecule is CCOC(=O)N1CCc2nc3ccc([N+](=O)[O-])cc3c(-c3ccccc3)c2C1.Cl. The van der Waals surface area contributed by atoms with Gasteiger partial charge in [0.2, 0.25) is 0 Å². The maximum Gasteiger partial charge on any atom is 0.410 e. The average molecular weight is 414 g/mol. The van der Waals surface area contributed by atoms with Gasteiger partial charge in [-0.3, -0.25) is 15.1 Å². The summed E-state index contributed by atoms with van der Waals surface area (Å²) in [6.07, 6.45) is 0.257. The topological polar surface area (TPSA) is 85.6 Å². The van der Waals surface area contributed by atoms with Crippen molar-refractivity contribution in [2.75, 3.05) is 13.2 Å². The number of non-ortho nitro benzene ring substituents is 1. The van der Waals surface area contributed by atoms with Crippen LogP contribution in [0.2, 0.25) is 0 Å². The van der Waals surface area contributed by atoms with Gasteiger partial charge in [-0.05, 0) is 24.1 Å². The van der Waals surface area contributed by atoms with Gasteiger partial charge in [0.15, 0.2) is 0 Å². The van der Waals surface area contributed by atoms with Gasteiger partial charge in [0.05, 0.1) is 23.6 Å². The third-order valence-corrected chi connectivity index (χ3v) is 4.92. The molecule has 1 aromatic heterocycles. The zero-order valence-corrected chi connectivity index (χ0v) is 16.6. The fourth-order valence-electron chi connectivity index (χ4n) is 3.65. The molecule has 2 aromatic carbocycles. The van der Waals surface area contributed by atoms with Crippen LogP contribution in [0.5, 0.6) is 0 Å². The number of hydrogen-bond acceptors (Lipinski definition) is 5. The monoisotopic (exact) mass is 413 g/mol. The van der Waals surface area contributed by atoms with Gasteiger partial charge >= 0.3 is 6.09 Å². The van der Waals surface area contributed by atoms with Gasteiger partial charge in [0.25, 0.3) is 5.69 Å². The van der Waals surface area contributed by atoms with Gasteiger partial charge in [-0.25, -0.2) is 4.79 Å². The molecule has 0 saturated carbocycles. The normalized spacial score (nSPS) is 12.8. The van der Waals surface area contributed by atoms with Crippen molar-refractivity contribution in [3.8, 4) is 11.1 Å². The van der Waals surface area contributed by atoms with E-state index in [1.807, 2.05) is 30.3 Å². The number of benzene rings is 2. The van der Waals surface area contributed by atoms with Gasteiger partial charge < -0.3 is 9.64 Å². The van der Waals surface area contributed by atoms with Crippen LogP contribution < -0.4 is 0 Å². The quantitative estimate of drug-likeness (QED) is 0.457. The lowest BCUT2D eigenvalue weighted by Gasteiger charge is -2.29. The van der Waals surface area contributed by atoms with Crippen molar-refractivity contribution in [1.82, 2.24) is 9.88 Å². The number of amides is 1. The average Bonchev–Trinajstić information content (AvgIpc) is 2.72. The van der Waals surface area contributed by atoms with Gasteiger partial charge in [0.1, 0.15) is 0 Å². The first-order valence-corrected chi connectivity index (χ1v) is 9.15. The van der Waals surface area contributed by atoms with E-state index in [1.165, 1.54) is 6.07 Å². The van der Waals surface area contributed by atoms with Crippen molar-refractivity contribution in [2.45, 2.75) is 19.9 Å². The lowest BCUT2D eigenvalue weighted by atomic mass is 9.91. The van der Waals surface area contributed by atoms with E-state index in [1.54, 1.807) is 24.0 Å². The molecule has 1 aliphatic heterocycles. The van der Waals surface area contributed by atoms with Crippen LogP contribution in [0.4, 0.5) is 10.5 Å². The number of ether oxygens (including phenoxy) is 1. The number of hydrogen-bond donors (Lipinski definition) is 0. The van der Waals surface area contributed by atoms with Crippen LogP contribution in [0, 0.1) is 10.1 Å². The van der Waals surface area contributed by atoms with Crippen molar-refractivity contribution >= 4 is 35.1 Å². The summed E-state index contributed by atoms with van der Waals surface area (Å²) in [6, 6.07) is 14.5. The molecule has 0 bridgehead atoms. The Morgan fingerprint density at radius 2 is 2.00 bits per heavy atom. The standard InChI is InChI=1S/C21H19N3O4.ClH/c1-2-28-21(25)23-11-10-19-17(13-23)20(14-6-4-3-5-7-14)16-12-15(24(26)27)8-9-18(16)22-19;/h3-9,12H,2,10-11,13H2,1H3;1H. The fourth-order valence-corrected chi connectivity index (χ4v) is 3.65. The van der Waals surface area contributed by atoms with E-state index in [0.717, 1.165) is 22.4 Å². The first-order valence-electron chi connectivity index (χ1n) is 9.15. The summed E-state index contributed by atoms with van der Waals surface area (Å²) >= 11 is 0. The second-order valence-electron chi connectivity index (χ2n) is 6.61. The molecule has 1 amide bonds.